The maximum Gasteiger partial charge on any atom is 0.453 e. The van der Waals surface area contributed by atoms with Crippen molar-refractivity contribution in [2.75, 3.05) is 19.5 Å². The van der Waals surface area contributed by atoms with Crippen LogP contribution in [0.15, 0.2) is 64.6 Å². The normalized spacial score (nSPS) is 36.0. The van der Waals surface area contributed by atoms with E-state index in [4.69, 9.17) is 9.47 Å². The fourth-order valence-corrected chi connectivity index (χ4v) is 10.7. The summed E-state index contributed by atoms with van der Waals surface area (Å²) in [5.74, 6) is -6.63. The Hall–Kier alpha value is -1.94. The van der Waals surface area contributed by atoms with Gasteiger partial charge in [-0.25, -0.2) is 0 Å². The minimum atomic E-state index is -5.64. The van der Waals surface area contributed by atoms with Gasteiger partial charge in [0.25, 0.3) is 0 Å². The first kappa shape index (κ1) is 34.5. The Bertz CT molecular complexity index is 1570. The zero-order valence-electron chi connectivity index (χ0n) is 28.5. The lowest BCUT2D eigenvalue weighted by molar-refractivity contribution is -0.342. The Kier molecular flexibility index (Phi) is 8.11. The number of hydrogen-bond donors (Lipinski definition) is 1. The predicted octanol–water partition coefficient (Wildman–Crippen LogP) is 10.6. The van der Waals surface area contributed by atoms with Crippen LogP contribution in [0.1, 0.15) is 90.5 Å². The van der Waals surface area contributed by atoms with E-state index in [-0.39, 0.29) is 30.1 Å². The van der Waals surface area contributed by atoms with E-state index in [1.165, 1.54) is 6.92 Å². The summed E-state index contributed by atoms with van der Waals surface area (Å²) in [4.78, 5) is 1.15. The van der Waals surface area contributed by atoms with Crippen molar-refractivity contribution in [2.45, 2.75) is 113 Å². The summed E-state index contributed by atoms with van der Waals surface area (Å²) < 4.78 is 86.4. The second kappa shape index (κ2) is 11.3. The number of hydrogen-bond acceptors (Lipinski definition) is 4. The molecule has 9 heteroatoms. The van der Waals surface area contributed by atoms with Gasteiger partial charge in [0.2, 0.25) is 0 Å². The molecule has 4 aliphatic carbocycles. The number of aliphatic hydroxyl groups is 1. The van der Waals surface area contributed by atoms with Gasteiger partial charge < -0.3 is 14.6 Å². The van der Waals surface area contributed by atoms with E-state index in [9.17, 15) is 18.3 Å². The van der Waals surface area contributed by atoms with Crippen molar-refractivity contribution in [2.24, 2.45) is 28.1 Å². The fourth-order valence-electron chi connectivity index (χ4n) is 10.3. The Balaban J connectivity index is 1.32. The molecule has 262 valence electrons. The van der Waals surface area contributed by atoms with Gasteiger partial charge >= 0.3 is 12.1 Å². The summed E-state index contributed by atoms with van der Waals surface area (Å²) in [7, 11) is 0. The summed E-state index contributed by atoms with van der Waals surface area (Å²) in [6.45, 7) is 8.10. The second-order valence-corrected chi connectivity index (χ2v) is 17.4. The first-order chi connectivity index (χ1) is 22.4. The van der Waals surface area contributed by atoms with Crippen LogP contribution < -0.4 is 0 Å². The molecule has 3 nitrogen and oxygen atoms in total. The van der Waals surface area contributed by atoms with E-state index < -0.39 is 40.2 Å². The molecule has 0 amide bonds. The molecule has 1 spiro atoms. The summed E-state index contributed by atoms with van der Waals surface area (Å²) in [5.41, 5.74) is 0.103. The maximum absolute atomic E-state index is 15.7. The van der Waals surface area contributed by atoms with Gasteiger partial charge in [0, 0.05) is 34.5 Å². The lowest BCUT2D eigenvalue weighted by Gasteiger charge is -2.59. The number of ether oxygens (including phenoxy) is 2. The third kappa shape index (κ3) is 5.14. The first-order valence-electron chi connectivity index (χ1n) is 17.3. The van der Waals surface area contributed by atoms with Gasteiger partial charge in [0.05, 0.1) is 18.8 Å². The molecule has 1 saturated heterocycles. The highest BCUT2D eigenvalue weighted by Gasteiger charge is 2.77. The molecule has 6 atom stereocenters. The summed E-state index contributed by atoms with van der Waals surface area (Å²) >= 11 is 1.67. The number of alkyl halides is 5. The van der Waals surface area contributed by atoms with E-state index in [0.29, 0.717) is 51.7 Å². The third-order valence-electron chi connectivity index (χ3n) is 13.3. The van der Waals surface area contributed by atoms with Crippen molar-refractivity contribution in [1.82, 2.24) is 0 Å². The first-order valence-corrected chi connectivity index (χ1v) is 18.5. The van der Waals surface area contributed by atoms with E-state index in [2.05, 4.69) is 38.1 Å². The lowest BCUT2D eigenvalue weighted by atomic mass is 9.47. The monoisotopic (exact) mass is 690 g/mol. The average Bonchev–Trinajstić information content (AvgIpc) is 3.32. The largest absolute Gasteiger partial charge is 0.453 e. The van der Waals surface area contributed by atoms with E-state index in [0.717, 1.165) is 32.7 Å². The van der Waals surface area contributed by atoms with Crippen molar-refractivity contribution in [3.8, 4) is 11.1 Å². The number of rotatable bonds is 4. The van der Waals surface area contributed by atoms with Crippen molar-refractivity contribution in [1.29, 1.82) is 0 Å². The van der Waals surface area contributed by atoms with E-state index in [1.807, 2.05) is 30.5 Å². The maximum atomic E-state index is 15.7. The molecule has 0 aromatic heterocycles. The van der Waals surface area contributed by atoms with E-state index >= 15 is 8.78 Å². The number of thioether (sulfide) groups is 1. The van der Waals surface area contributed by atoms with Gasteiger partial charge in [-0.1, -0.05) is 69.7 Å². The molecule has 3 saturated carbocycles. The molecule has 2 aromatic carbocycles. The van der Waals surface area contributed by atoms with E-state index in [1.54, 1.807) is 18.7 Å². The number of halogens is 5. The quantitative estimate of drug-likeness (QED) is 0.197. The van der Waals surface area contributed by atoms with Crippen LogP contribution in [0.5, 0.6) is 0 Å². The minimum Gasteiger partial charge on any atom is -0.385 e. The summed E-state index contributed by atoms with van der Waals surface area (Å²) in [6.07, 6.45) is -0.990. The molecule has 4 fully saturated rings. The molecular weight excluding hydrogens is 643 g/mol. The molecule has 2 aromatic rings. The summed E-state index contributed by atoms with van der Waals surface area (Å²) in [6, 6.07) is 16.3. The fraction of sp³-hybridized carbons (Fsp3) is 0.641. The molecule has 48 heavy (non-hydrogen) atoms. The van der Waals surface area contributed by atoms with Gasteiger partial charge in [-0.05, 0) is 96.4 Å². The topological polar surface area (TPSA) is 38.7 Å². The molecule has 0 radical (unpaired) electrons. The standard InChI is InChI=1S/C39H47F5O3S/c1-33(2)22-46-37(47-23-33)19-16-31-32-28(14-18-36(31,45)21-37)30-15-17-35(4,38(40,41)39(42,43)44)34(30,3)20-29(32)26-8-6-24(7-9-26)25-10-12-27(48-5)13-11-25/h6-13,28-30,45H,14-23H2,1-5H3/t28?,29-,30?,34+,35-,36-/m1/s1. The van der Waals surface area contributed by atoms with Crippen LogP contribution in [0, 0.1) is 28.1 Å². The van der Waals surface area contributed by atoms with Gasteiger partial charge in [-0.15, -0.1) is 11.8 Å². The van der Waals surface area contributed by atoms with Crippen molar-refractivity contribution in [3.05, 3.63) is 65.2 Å². The highest BCUT2D eigenvalue weighted by Crippen LogP contribution is 2.74. The van der Waals surface area contributed by atoms with Crippen LogP contribution >= 0.6 is 11.8 Å². The van der Waals surface area contributed by atoms with Crippen LogP contribution in [0.25, 0.3) is 11.1 Å². The second-order valence-electron chi connectivity index (χ2n) is 16.5. The van der Waals surface area contributed by atoms with Crippen LogP contribution in [0.2, 0.25) is 0 Å². The Morgan fingerprint density at radius 1 is 0.812 bits per heavy atom. The average molecular weight is 691 g/mol. The molecule has 1 N–H and O–H groups in total. The summed E-state index contributed by atoms with van der Waals surface area (Å²) in [5, 5.41) is 12.4. The van der Waals surface area contributed by atoms with Crippen molar-refractivity contribution in [3.63, 3.8) is 0 Å². The predicted molar refractivity (Wildman–Crippen MR) is 178 cm³/mol. The molecule has 0 bridgehead atoms. The van der Waals surface area contributed by atoms with Gasteiger partial charge in [0.15, 0.2) is 5.79 Å². The molecule has 1 aliphatic heterocycles. The van der Waals surface area contributed by atoms with Crippen molar-refractivity contribution >= 4 is 11.8 Å². The van der Waals surface area contributed by atoms with Crippen LogP contribution in [-0.2, 0) is 9.47 Å². The highest BCUT2D eigenvalue weighted by atomic mass is 32.2. The zero-order chi connectivity index (χ0) is 34.5. The van der Waals surface area contributed by atoms with Crippen LogP contribution in [-0.4, -0.2) is 48.1 Å². The Morgan fingerprint density at radius 3 is 2.00 bits per heavy atom. The lowest BCUT2D eigenvalue weighted by Crippen LogP contribution is -2.60. The SMILES string of the molecule is CSc1ccc(-c2ccc([C@H]3C[C@@]4(C)C(CC[C@@]4(C)C(F)(F)C(F)(F)F)C4CC[C@@]5(O)CC6(CCC5=C43)OCC(C)(C)CO6)cc2)cc1. The van der Waals surface area contributed by atoms with Crippen LogP contribution in [0.4, 0.5) is 22.0 Å². The number of allylic oxidation sites excluding steroid dienone is 1. The number of fused-ring (bicyclic) bond motifs is 4. The third-order valence-corrected chi connectivity index (χ3v) is 14.0. The molecular formula is C39H47F5O3S. The number of benzene rings is 2. The Labute approximate surface area is 285 Å². The van der Waals surface area contributed by atoms with Gasteiger partial charge in [-0.2, -0.15) is 22.0 Å². The Morgan fingerprint density at radius 2 is 1.42 bits per heavy atom. The molecule has 5 aliphatic rings. The zero-order valence-corrected chi connectivity index (χ0v) is 29.3. The van der Waals surface area contributed by atoms with Gasteiger partial charge in [-0.3, -0.25) is 0 Å². The molecule has 1 heterocycles. The minimum absolute atomic E-state index is 0.125. The smallest absolute Gasteiger partial charge is 0.385 e. The molecule has 7 rings (SSSR count). The van der Waals surface area contributed by atoms with Crippen LogP contribution in [0.3, 0.4) is 0 Å². The highest BCUT2D eigenvalue weighted by molar-refractivity contribution is 7.98. The molecule has 2 unspecified atom stereocenters. The van der Waals surface area contributed by atoms with Crippen molar-refractivity contribution < 1.29 is 36.5 Å². The van der Waals surface area contributed by atoms with Gasteiger partial charge in [0.1, 0.15) is 0 Å².